The number of carbonyl (C=O) groups excluding carboxylic acids is 1. The molecular formula is C24H22N2O2S. The summed E-state index contributed by atoms with van der Waals surface area (Å²) in [6.45, 7) is 3.14. The van der Waals surface area contributed by atoms with Crippen LogP contribution < -0.4 is 4.74 Å². The van der Waals surface area contributed by atoms with E-state index >= 15 is 0 Å². The third-order valence-electron chi connectivity index (χ3n) is 4.13. The van der Waals surface area contributed by atoms with Crippen LogP contribution in [0.2, 0.25) is 0 Å². The lowest BCUT2D eigenvalue weighted by molar-refractivity contribution is -0.127. The molecule has 1 amide bonds. The third-order valence-corrected chi connectivity index (χ3v) is 4.96. The van der Waals surface area contributed by atoms with E-state index in [-0.39, 0.29) is 5.91 Å². The highest BCUT2D eigenvalue weighted by atomic mass is 32.1. The van der Waals surface area contributed by atoms with Gasteiger partial charge in [0.2, 0.25) is 5.91 Å². The van der Waals surface area contributed by atoms with Crippen molar-refractivity contribution in [3.63, 3.8) is 0 Å². The summed E-state index contributed by atoms with van der Waals surface area (Å²) in [7, 11) is 0. The lowest BCUT2D eigenvalue weighted by Crippen LogP contribution is -2.28. The van der Waals surface area contributed by atoms with Crippen LogP contribution in [0.1, 0.15) is 22.9 Å². The van der Waals surface area contributed by atoms with Gasteiger partial charge in [0.25, 0.3) is 0 Å². The van der Waals surface area contributed by atoms with Crippen molar-refractivity contribution in [2.45, 2.75) is 20.0 Å². The maximum atomic E-state index is 12.9. The number of pyridine rings is 1. The van der Waals surface area contributed by atoms with E-state index in [9.17, 15) is 4.79 Å². The molecule has 0 atom stereocenters. The zero-order valence-corrected chi connectivity index (χ0v) is 17.1. The van der Waals surface area contributed by atoms with Crippen molar-refractivity contribution in [2.75, 3.05) is 6.61 Å². The first-order valence-electron chi connectivity index (χ1n) is 9.25. The molecule has 0 N–H and O–H groups in total. The van der Waals surface area contributed by atoms with Crippen LogP contribution in [0.4, 0.5) is 0 Å². The Morgan fingerprint density at radius 1 is 1.14 bits per heavy atom. The second-order valence-electron chi connectivity index (χ2n) is 6.26. The molecule has 1 aromatic carbocycles. The molecule has 0 aliphatic rings. The van der Waals surface area contributed by atoms with Gasteiger partial charge < -0.3 is 9.64 Å². The second kappa shape index (κ2) is 10.8. The summed E-state index contributed by atoms with van der Waals surface area (Å²) in [5.74, 6) is 6.40. The van der Waals surface area contributed by atoms with Crippen molar-refractivity contribution >= 4 is 23.3 Å². The van der Waals surface area contributed by atoms with Crippen LogP contribution in [0.3, 0.4) is 0 Å². The van der Waals surface area contributed by atoms with E-state index in [0.717, 1.165) is 21.8 Å². The van der Waals surface area contributed by atoms with Crippen LogP contribution in [0, 0.1) is 11.8 Å². The number of rotatable bonds is 8. The average molecular weight is 403 g/mol. The number of carbonyl (C=O) groups is 1. The summed E-state index contributed by atoms with van der Waals surface area (Å²) in [4.78, 5) is 19.9. The monoisotopic (exact) mass is 402 g/mol. The molecule has 0 spiro atoms. The first-order valence-corrected chi connectivity index (χ1v) is 10.1. The Hall–Kier alpha value is -3.36. The topological polar surface area (TPSA) is 42.4 Å². The molecule has 5 heteroatoms. The van der Waals surface area contributed by atoms with Crippen molar-refractivity contribution < 1.29 is 9.53 Å². The van der Waals surface area contributed by atoms with Crippen molar-refractivity contribution in [3.8, 4) is 17.6 Å². The van der Waals surface area contributed by atoms with Gasteiger partial charge in [-0.05, 0) is 53.8 Å². The predicted octanol–water partition coefficient (Wildman–Crippen LogP) is 4.79. The largest absolute Gasteiger partial charge is 0.481 e. The van der Waals surface area contributed by atoms with Crippen molar-refractivity contribution in [1.29, 1.82) is 0 Å². The summed E-state index contributed by atoms with van der Waals surface area (Å²) in [6, 6.07) is 15.6. The maximum Gasteiger partial charge on any atom is 0.247 e. The number of ether oxygens (including phenoxy) is 1. The SMILES string of the molecule is CC#CCOc1ccc(CN(Cc2cccnc2)C(=O)C=Cc2cccs2)cc1. The van der Waals surface area contributed by atoms with Gasteiger partial charge in [0, 0.05) is 36.4 Å². The summed E-state index contributed by atoms with van der Waals surface area (Å²) >= 11 is 1.60. The van der Waals surface area contributed by atoms with Gasteiger partial charge in [0.15, 0.2) is 0 Å². The van der Waals surface area contributed by atoms with Crippen LogP contribution in [0.25, 0.3) is 6.08 Å². The van der Waals surface area contributed by atoms with Crippen LogP contribution in [0.5, 0.6) is 5.75 Å². The van der Waals surface area contributed by atoms with E-state index in [1.165, 1.54) is 0 Å². The van der Waals surface area contributed by atoms with Gasteiger partial charge >= 0.3 is 0 Å². The van der Waals surface area contributed by atoms with Crippen molar-refractivity contribution in [1.82, 2.24) is 9.88 Å². The molecular weight excluding hydrogens is 380 g/mol. The molecule has 0 unspecified atom stereocenters. The van der Waals surface area contributed by atoms with Crippen LogP contribution in [0.15, 0.2) is 72.4 Å². The predicted molar refractivity (Wildman–Crippen MR) is 117 cm³/mol. The van der Waals surface area contributed by atoms with E-state index < -0.39 is 0 Å². The molecule has 29 heavy (non-hydrogen) atoms. The number of hydrogen-bond donors (Lipinski definition) is 0. The van der Waals surface area contributed by atoms with Crippen molar-refractivity contribution in [3.05, 3.63) is 88.4 Å². The average Bonchev–Trinajstić information content (AvgIpc) is 3.27. The Balaban J connectivity index is 1.71. The fraction of sp³-hybridized carbons (Fsp3) is 0.167. The number of hydrogen-bond acceptors (Lipinski definition) is 4. The quantitative estimate of drug-likeness (QED) is 0.402. The third kappa shape index (κ3) is 6.63. The van der Waals surface area contributed by atoms with Crippen molar-refractivity contribution in [2.24, 2.45) is 0 Å². The fourth-order valence-electron chi connectivity index (χ4n) is 2.67. The van der Waals surface area contributed by atoms with E-state index in [2.05, 4.69) is 16.8 Å². The molecule has 0 aliphatic heterocycles. The Bertz CT molecular complexity index is 985. The molecule has 3 aromatic rings. The lowest BCUT2D eigenvalue weighted by atomic mass is 10.1. The molecule has 0 fully saturated rings. The summed E-state index contributed by atoms with van der Waals surface area (Å²) in [6.07, 6.45) is 7.00. The maximum absolute atomic E-state index is 12.9. The van der Waals surface area contributed by atoms with Gasteiger partial charge in [-0.25, -0.2) is 0 Å². The molecule has 146 valence electrons. The van der Waals surface area contributed by atoms with Gasteiger partial charge in [-0.2, -0.15) is 0 Å². The minimum Gasteiger partial charge on any atom is -0.481 e. The number of thiophene rings is 1. The smallest absolute Gasteiger partial charge is 0.247 e. The Kier molecular flexibility index (Phi) is 7.62. The highest BCUT2D eigenvalue weighted by Gasteiger charge is 2.13. The molecule has 4 nitrogen and oxygen atoms in total. The van der Waals surface area contributed by atoms with Gasteiger partial charge in [0.1, 0.15) is 12.4 Å². The van der Waals surface area contributed by atoms with Gasteiger partial charge in [-0.3, -0.25) is 9.78 Å². The molecule has 0 radical (unpaired) electrons. The summed E-state index contributed by atoms with van der Waals surface area (Å²) in [5, 5.41) is 1.99. The van der Waals surface area contributed by atoms with E-state index in [1.54, 1.807) is 41.6 Å². The minimum absolute atomic E-state index is 0.0409. The number of aromatic nitrogens is 1. The molecule has 0 aliphatic carbocycles. The van der Waals surface area contributed by atoms with Crippen LogP contribution in [-0.4, -0.2) is 22.4 Å². The van der Waals surface area contributed by atoms with Gasteiger partial charge in [-0.1, -0.05) is 30.2 Å². The number of amides is 1. The zero-order valence-electron chi connectivity index (χ0n) is 16.2. The van der Waals surface area contributed by atoms with Crippen LogP contribution >= 0.6 is 11.3 Å². The highest BCUT2D eigenvalue weighted by molar-refractivity contribution is 7.10. The highest BCUT2D eigenvalue weighted by Crippen LogP contribution is 2.16. The molecule has 2 aromatic heterocycles. The van der Waals surface area contributed by atoms with Gasteiger partial charge in [0.05, 0.1) is 0 Å². The standard InChI is InChI=1S/C24H22N2O2S/c1-2-3-15-28-22-10-8-20(9-11-22)18-26(19-21-6-4-14-25-17-21)24(27)13-12-23-7-5-16-29-23/h4-14,16-17H,15,18-19H2,1H3. The molecule has 0 saturated carbocycles. The van der Waals surface area contributed by atoms with Crippen LogP contribution in [-0.2, 0) is 17.9 Å². The van der Waals surface area contributed by atoms with E-state index in [0.29, 0.717) is 19.7 Å². The van der Waals surface area contributed by atoms with Gasteiger partial charge in [-0.15, -0.1) is 17.3 Å². The first-order chi connectivity index (χ1) is 14.2. The van der Waals surface area contributed by atoms with E-state index in [1.807, 2.05) is 60.0 Å². The minimum atomic E-state index is -0.0409. The Morgan fingerprint density at radius 2 is 1.97 bits per heavy atom. The Morgan fingerprint density at radius 3 is 2.66 bits per heavy atom. The molecule has 0 saturated heterocycles. The lowest BCUT2D eigenvalue weighted by Gasteiger charge is -2.21. The zero-order chi connectivity index (χ0) is 20.3. The summed E-state index contributed by atoms with van der Waals surface area (Å²) < 4.78 is 5.56. The summed E-state index contributed by atoms with van der Waals surface area (Å²) in [5.41, 5.74) is 2.02. The molecule has 3 rings (SSSR count). The molecule has 0 bridgehead atoms. The second-order valence-corrected chi connectivity index (χ2v) is 7.24. The normalized spacial score (nSPS) is 10.4. The first kappa shape index (κ1) is 20.4. The number of benzene rings is 1. The van der Waals surface area contributed by atoms with E-state index in [4.69, 9.17) is 4.74 Å². The number of nitrogens with zero attached hydrogens (tertiary/aromatic N) is 2. The fourth-order valence-corrected chi connectivity index (χ4v) is 3.29. The molecule has 2 heterocycles. The Labute approximate surface area is 175 Å².